The second-order valence-electron chi connectivity index (χ2n) is 8.38. The first-order valence-corrected chi connectivity index (χ1v) is 13.5. The van der Waals surface area contributed by atoms with Gasteiger partial charge in [-0.2, -0.15) is 0 Å². The molecule has 9 heteroatoms. The number of nitrogens with zero attached hydrogens (tertiary/aromatic N) is 3. The molecule has 0 aliphatic rings. The van der Waals surface area contributed by atoms with E-state index in [9.17, 15) is 9.90 Å². The molecule has 0 unspecified atom stereocenters. The molecule has 178 valence electrons. The first-order chi connectivity index (χ1) is 17.0. The fourth-order valence-electron chi connectivity index (χ4n) is 4.32. The van der Waals surface area contributed by atoms with E-state index in [0.29, 0.717) is 15.4 Å². The van der Waals surface area contributed by atoms with Crippen LogP contribution in [-0.4, -0.2) is 30.0 Å². The monoisotopic (exact) mass is 520 g/mol. The molecule has 0 aliphatic heterocycles. The lowest BCUT2D eigenvalue weighted by Crippen LogP contribution is -2.07. The Morgan fingerprint density at radius 1 is 1.11 bits per heavy atom. The Labute approximate surface area is 216 Å². The summed E-state index contributed by atoms with van der Waals surface area (Å²) in [5.74, 6) is 0.822. The van der Waals surface area contributed by atoms with Gasteiger partial charge >= 0.3 is 5.97 Å². The van der Waals surface area contributed by atoms with Crippen LogP contribution in [0.25, 0.3) is 33.5 Å². The van der Waals surface area contributed by atoms with Crippen molar-refractivity contribution in [3.05, 3.63) is 73.6 Å². The molecule has 0 radical (unpaired) electrons. The van der Waals surface area contributed by atoms with Crippen LogP contribution in [0.5, 0.6) is 0 Å². The fraction of sp³-hybridized carbons (Fsp3) is 0.231. The molecule has 0 aliphatic carbocycles. The molecule has 6 nitrogen and oxygen atoms in total. The molecule has 0 fully saturated rings. The van der Waals surface area contributed by atoms with E-state index in [2.05, 4.69) is 51.2 Å². The molecule has 0 bridgehead atoms. The van der Waals surface area contributed by atoms with Crippen molar-refractivity contribution in [3.63, 3.8) is 0 Å². The number of aromatic carboxylic acids is 1. The van der Waals surface area contributed by atoms with Crippen molar-refractivity contribution < 1.29 is 9.90 Å². The van der Waals surface area contributed by atoms with Crippen LogP contribution in [0.15, 0.2) is 48.5 Å². The number of aromatic amines is 1. The molecule has 35 heavy (non-hydrogen) atoms. The van der Waals surface area contributed by atoms with Crippen molar-refractivity contribution >= 4 is 52.1 Å². The number of carbonyl (C=O) groups is 1. The number of rotatable bonds is 8. The molecule has 2 aromatic carbocycles. The largest absolute Gasteiger partial charge is 0.477 e. The maximum atomic E-state index is 12.0. The van der Waals surface area contributed by atoms with Gasteiger partial charge in [0.2, 0.25) is 0 Å². The van der Waals surface area contributed by atoms with Gasteiger partial charge < -0.3 is 9.67 Å². The number of aromatic nitrogens is 4. The van der Waals surface area contributed by atoms with Crippen LogP contribution in [0.2, 0.25) is 0 Å². The van der Waals surface area contributed by atoms with Crippen molar-refractivity contribution in [1.29, 1.82) is 0 Å². The summed E-state index contributed by atoms with van der Waals surface area (Å²) in [5, 5.41) is 9.81. The minimum absolute atomic E-state index is 0.360. The van der Waals surface area contributed by atoms with Crippen LogP contribution >= 0.6 is 35.1 Å². The van der Waals surface area contributed by atoms with Crippen molar-refractivity contribution in [1.82, 2.24) is 18.9 Å². The number of fused-ring (bicyclic) bond motifs is 1. The molecule has 5 aromatic rings. The first kappa shape index (κ1) is 23.6. The molecule has 2 N–H and O–H groups in total. The average molecular weight is 521 g/mol. The van der Waals surface area contributed by atoms with Crippen LogP contribution in [0.4, 0.5) is 0 Å². The minimum atomic E-state index is -0.899. The Hall–Kier alpha value is -3.14. The van der Waals surface area contributed by atoms with Gasteiger partial charge in [-0.05, 0) is 53.8 Å². The van der Waals surface area contributed by atoms with Crippen molar-refractivity contribution in [2.75, 3.05) is 0 Å². The van der Waals surface area contributed by atoms with Crippen LogP contribution in [0.1, 0.15) is 45.7 Å². The fourth-order valence-corrected chi connectivity index (χ4v) is 5.95. The number of imidazole rings is 1. The van der Waals surface area contributed by atoms with E-state index in [1.807, 2.05) is 25.1 Å². The quantitative estimate of drug-likeness (QED) is 0.209. The Bertz CT molecular complexity index is 1570. The van der Waals surface area contributed by atoms with Gasteiger partial charge in [-0.1, -0.05) is 61.9 Å². The summed E-state index contributed by atoms with van der Waals surface area (Å²) in [5.41, 5.74) is 5.80. The van der Waals surface area contributed by atoms with E-state index >= 15 is 0 Å². The number of hydrogen-bond donors (Lipinski definition) is 2. The summed E-state index contributed by atoms with van der Waals surface area (Å²) in [7, 11) is 0. The zero-order chi connectivity index (χ0) is 24.5. The molecule has 0 saturated carbocycles. The number of unbranched alkanes of at least 4 members (excludes halogenated alkanes) is 1. The van der Waals surface area contributed by atoms with Gasteiger partial charge in [0.1, 0.15) is 22.0 Å². The van der Waals surface area contributed by atoms with Gasteiger partial charge in [-0.3, -0.25) is 4.37 Å². The summed E-state index contributed by atoms with van der Waals surface area (Å²) in [6.45, 7) is 4.67. The van der Waals surface area contributed by atoms with E-state index in [4.69, 9.17) is 17.2 Å². The van der Waals surface area contributed by atoms with Gasteiger partial charge in [-0.15, -0.1) is 11.3 Å². The number of H-pyrrole nitrogens is 1. The van der Waals surface area contributed by atoms with Gasteiger partial charge in [0.25, 0.3) is 0 Å². The summed E-state index contributed by atoms with van der Waals surface area (Å²) < 4.78 is 5.88. The molecule has 0 amide bonds. The van der Waals surface area contributed by atoms with Crippen molar-refractivity contribution in [2.45, 2.75) is 39.7 Å². The highest BCUT2D eigenvalue weighted by Crippen LogP contribution is 2.34. The normalized spacial score (nSPS) is 11.4. The third kappa shape index (κ3) is 4.59. The lowest BCUT2D eigenvalue weighted by molar-refractivity contribution is 0.0703. The molecular formula is C26H24N4O2S3. The zero-order valence-electron chi connectivity index (χ0n) is 19.4. The van der Waals surface area contributed by atoms with E-state index in [1.165, 1.54) is 22.9 Å². The number of carboxylic acid groups (broad SMARTS) is 1. The Kier molecular flexibility index (Phi) is 6.64. The van der Waals surface area contributed by atoms with Crippen LogP contribution in [0.3, 0.4) is 0 Å². The Morgan fingerprint density at radius 2 is 1.86 bits per heavy atom. The average Bonchev–Trinajstić information content (AvgIpc) is 3.54. The number of carboxylic acids is 1. The Balaban J connectivity index is 1.52. The lowest BCUT2D eigenvalue weighted by Gasteiger charge is -2.12. The molecule has 0 spiro atoms. The summed E-state index contributed by atoms with van der Waals surface area (Å²) >= 11 is 7.85. The number of nitrogens with one attached hydrogen (secondary N) is 1. The molecule has 3 aromatic heterocycles. The maximum Gasteiger partial charge on any atom is 0.348 e. The lowest BCUT2D eigenvalue weighted by atomic mass is 9.98. The smallest absolute Gasteiger partial charge is 0.348 e. The maximum absolute atomic E-state index is 12.0. The van der Waals surface area contributed by atoms with Gasteiger partial charge in [-0.25, -0.2) is 14.8 Å². The highest BCUT2D eigenvalue weighted by atomic mass is 32.2. The van der Waals surface area contributed by atoms with E-state index in [-0.39, 0.29) is 0 Å². The van der Waals surface area contributed by atoms with Gasteiger partial charge in [0.15, 0.2) is 3.95 Å². The van der Waals surface area contributed by atoms with Crippen LogP contribution in [-0.2, 0) is 13.0 Å². The second kappa shape index (κ2) is 9.85. The molecule has 0 saturated heterocycles. The van der Waals surface area contributed by atoms with E-state index in [0.717, 1.165) is 69.1 Å². The first-order valence-electron chi connectivity index (χ1n) is 11.4. The van der Waals surface area contributed by atoms with E-state index < -0.39 is 5.97 Å². The molecule has 5 rings (SSSR count). The number of hydrogen-bond acceptors (Lipinski definition) is 6. The molecule has 0 atom stereocenters. The SMILES string of the molecule is CCCCc1nc2c(C)sc(C(=O)O)c2n1Cc1ccc(-c2ccccc2-c2nc(=S)s[nH]2)cc1. The third-order valence-corrected chi connectivity index (χ3v) is 8.00. The highest BCUT2D eigenvalue weighted by molar-refractivity contribution is 7.73. The van der Waals surface area contributed by atoms with Crippen LogP contribution < -0.4 is 0 Å². The topological polar surface area (TPSA) is 83.8 Å². The van der Waals surface area contributed by atoms with Crippen molar-refractivity contribution in [2.24, 2.45) is 0 Å². The molecular weight excluding hydrogens is 497 g/mol. The third-order valence-electron chi connectivity index (χ3n) is 6.02. The number of thiophene rings is 1. The number of benzene rings is 2. The highest BCUT2D eigenvalue weighted by Gasteiger charge is 2.23. The van der Waals surface area contributed by atoms with Crippen LogP contribution in [0, 0.1) is 10.9 Å². The van der Waals surface area contributed by atoms with Gasteiger partial charge in [0, 0.05) is 23.4 Å². The zero-order valence-corrected chi connectivity index (χ0v) is 21.8. The predicted octanol–water partition coefficient (Wildman–Crippen LogP) is 7.34. The van der Waals surface area contributed by atoms with Gasteiger partial charge in [0.05, 0.1) is 5.52 Å². The number of aryl methyl sites for hydroxylation is 2. The Morgan fingerprint density at radius 3 is 2.51 bits per heavy atom. The summed E-state index contributed by atoms with van der Waals surface area (Å²) in [4.78, 5) is 22.6. The van der Waals surface area contributed by atoms with E-state index in [1.54, 1.807) is 0 Å². The minimum Gasteiger partial charge on any atom is -0.477 e. The summed E-state index contributed by atoms with van der Waals surface area (Å²) in [6.07, 6.45) is 2.90. The van der Waals surface area contributed by atoms with Crippen molar-refractivity contribution in [3.8, 4) is 22.5 Å². The predicted molar refractivity (Wildman–Crippen MR) is 145 cm³/mol. The summed E-state index contributed by atoms with van der Waals surface area (Å²) in [6, 6.07) is 16.5. The molecule has 3 heterocycles. The standard InChI is InChI=1S/C26H24N4O2S3/c1-3-4-9-20-27-21-15(2)34-23(25(31)32)22(21)30(20)14-16-10-12-17(13-11-16)18-7-5-6-8-19(18)24-28-26(33)35-29-24/h5-8,10-13H,3-4,9,14H2,1-2H3,(H,31,32)(H,28,29,33). The second-order valence-corrected chi connectivity index (χ2v) is 11.0.